The van der Waals surface area contributed by atoms with Crippen LogP contribution in [0.4, 0.5) is 5.69 Å². The maximum atomic E-state index is 5.78. The second kappa shape index (κ2) is 7.34. The second-order valence-electron chi connectivity index (χ2n) is 6.49. The molecule has 22 heavy (non-hydrogen) atoms. The Morgan fingerprint density at radius 2 is 1.68 bits per heavy atom. The summed E-state index contributed by atoms with van der Waals surface area (Å²) in [5.41, 5.74) is 2.58. The Balaban J connectivity index is 1.52. The second-order valence-corrected chi connectivity index (χ2v) is 6.49. The Bertz CT molecular complexity index is 483. The quantitative estimate of drug-likeness (QED) is 0.830. The molecule has 2 heterocycles. The Morgan fingerprint density at radius 1 is 0.955 bits per heavy atom. The SMILES string of the molecule is CCCN1CCN(CCN2CCOc3ccc(C)cc32)CC1. The first-order chi connectivity index (χ1) is 10.8. The van der Waals surface area contributed by atoms with Gasteiger partial charge in [0.05, 0.1) is 12.2 Å². The lowest BCUT2D eigenvalue weighted by molar-refractivity contribution is 0.134. The van der Waals surface area contributed by atoms with Gasteiger partial charge in [0.25, 0.3) is 0 Å². The molecule has 0 N–H and O–H groups in total. The van der Waals surface area contributed by atoms with Crippen LogP contribution in [0.15, 0.2) is 18.2 Å². The molecular formula is C18H29N3O. The number of hydrogen-bond acceptors (Lipinski definition) is 4. The van der Waals surface area contributed by atoms with Crippen LogP contribution in [0.25, 0.3) is 0 Å². The molecule has 1 saturated heterocycles. The number of rotatable bonds is 5. The van der Waals surface area contributed by atoms with Gasteiger partial charge in [-0.2, -0.15) is 0 Å². The van der Waals surface area contributed by atoms with Crippen molar-refractivity contribution in [2.24, 2.45) is 0 Å². The van der Waals surface area contributed by atoms with Crippen molar-refractivity contribution in [3.8, 4) is 5.75 Å². The molecule has 0 amide bonds. The van der Waals surface area contributed by atoms with Crippen LogP contribution >= 0.6 is 0 Å². The lowest BCUT2D eigenvalue weighted by atomic mass is 10.1. The minimum absolute atomic E-state index is 0.806. The molecule has 2 aliphatic rings. The van der Waals surface area contributed by atoms with Crippen LogP contribution in [0.3, 0.4) is 0 Å². The van der Waals surface area contributed by atoms with E-state index in [-0.39, 0.29) is 0 Å². The molecule has 4 heteroatoms. The largest absolute Gasteiger partial charge is 0.490 e. The lowest BCUT2D eigenvalue weighted by Gasteiger charge is -2.37. The van der Waals surface area contributed by atoms with Crippen LogP contribution in [0.2, 0.25) is 0 Å². The molecule has 0 unspecified atom stereocenters. The van der Waals surface area contributed by atoms with E-state index >= 15 is 0 Å². The van der Waals surface area contributed by atoms with Crippen LogP contribution < -0.4 is 9.64 Å². The molecule has 1 aromatic rings. The highest BCUT2D eigenvalue weighted by atomic mass is 16.5. The molecule has 0 spiro atoms. The van der Waals surface area contributed by atoms with Crippen molar-refractivity contribution in [3.63, 3.8) is 0 Å². The van der Waals surface area contributed by atoms with Gasteiger partial charge in [-0.3, -0.25) is 4.90 Å². The third-order valence-electron chi connectivity index (χ3n) is 4.76. The standard InChI is InChI=1S/C18H29N3O/c1-3-6-19-7-9-20(10-8-19)11-12-21-13-14-22-18-5-4-16(2)15-17(18)21/h4-5,15H,3,6-14H2,1-2H3. The Labute approximate surface area is 134 Å². The monoisotopic (exact) mass is 303 g/mol. The molecule has 0 aromatic heterocycles. The van der Waals surface area contributed by atoms with Gasteiger partial charge in [-0.05, 0) is 37.6 Å². The van der Waals surface area contributed by atoms with Gasteiger partial charge in [-0.15, -0.1) is 0 Å². The van der Waals surface area contributed by atoms with Crippen molar-refractivity contribution in [2.45, 2.75) is 20.3 Å². The maximum Gasteiger partial charge on any atom is 0.142 e. The highest BCUT2D eigenvalue weighted by Gasteiger charge is 2.20. The van der Waals surface area contributed by atoms with Gasteiger partial charge in [0.1, 0.15) is 12.4 Å². The molecule has 0 aliphatic carbocycles. The molecule has 122 valence electrons. The first-order valence-corrected chi connectivity index (χ1v) is 8.69. The number of hydrogen-bond donors (Lipinski definition) is 0. The summed E-state index contributed by atoms with van der Waals surface area (Å²) >= 11 is 0. The summed E-state index contributed by atoms with van der Waals surface area (Å²) in [7, 11) is 0. The van der Waals surface area contributed by atoms with Crippen molar-refractivity contribution < 1.29 is 4.74 Å². The zero-order valence-electron chi connectivity index (χ0n) is 14.1. The van der Waals surface area contributed by atoms with Crippen LogP contribution in [-0.4, -0.2) is 68.8 Å². The maximum absolute atomic E-state index is 5.78. The first-order valence-electron chi connectivity index (χ1n) is 8.69. The Hall–Kier alpha value is -1.26. The van der Waals surface area contributed by atoms with Gasteiger partial charge in [0.2, 0.25) is 0 Å². The topological polar surface area (TPSA) is 19.0 Å². The Kier molecular flexibility index (Phi) is 5.21. The van der Waals surface area contributed by atoms with E-state index in [1.165, 1.54) is 50.4 Å². The minimum Gasteiger partial charge on any atom is -0.490 e. The summed E-state index contributed by atoms with van der Waals surface area (Å²) in [6.07, 6.45) is 1.27. The molecule has 1 fully saturated rings. The average molecular weight is 303 g/mol. The van der Waals surface area contributed by atoms with E-state index in [1.807, 2.05) is 0 Å². The first kappa shape index (κ1) is 15.6. The fraction of sp³-hybridized carbons (Fsp3) is 0.667. The average Bonchev–Trinajstić information content (AvgIpc) is 2.54. The number of benzene rings is 1. The fourth-order valence-electron chi connectivity index (χ4n) is 3.43. The van der Waals surface area contributed by atoms with E-state index in [0.717, 1.165) is 32.0 Å². The summed E-state index contributed by atoms with van der Waals surface area (Å²) in [5, 5.41) is 0. The van der Waals surface area contributed by atoms with Gasteiger partial charge >= 0.3 is 0 Å². The Morgan fingerprint density at radius 3 is 2.41 bits per heavy atom. The number of aryl methyl sites for hydroxylation is 1. The molecule has 0 saturated carbocycles. The number of fused-ring (bicyclic) bond motifs is 1. The molecule has 0 radical (unpaired) electrons. The van der Waals surface area contributed by atoms with Crippen LogP contribution in [0, 0.1) is 6.92 Å². The fourth-order valence-corrected chi connectivity index (χ4v) is 3.43. The van der Waals surface area contributed by atoms with Crippen LogP contribution in [-0.2, 0) is 0 Å². The van der Waals surface area contributed by atoms with Crippen molar-refractivity contribution in [2.75, 3.05) is 63.9 Å². The van der Waals surface area contributed by atoms with Gasteiger partial charge in [0.15, 0.2) is 0 Å². The van der Waals surface area contributed by atoms with E-state index in [1.54, 1.807) is 0 Å². The highest BCUT2D eigenvalue weighted by molar-refractivity contribution is 5.61. The van der Waals surface area contributed by atoms with Crippen molar-refractivity contribution >= 4 is 5.69 Å². The van der Waals surface area contributed by atoms with Crippen molar-refractivity contribution in [1.29, 1.82) is 0 Å². The third kappa shape index (κ3) is 3.73. The molecule has 1 aromatic carbocycles. The molecule has 2 aliphatic heterocycles. The zero-order valence-corrected chi connectivity index (χ0v) is 14.1. The molecule has 4 nitrogen and oxygen atoms in total. The van der Waals surface area contributed by atoms with Gasteiger partial charge in [-0.25, -0.2) is 0 Å². The predicted octanol–water partition coefficient (Wildman–Crippen LogP) is 2.22. The number of anilines is 1. The van der Waals surface area contributed by atoms with Crippen molar-refractivity contribution in [3.05, 3.63) is 23.8 Å². The minimum atomic E-state index is 0.806. The molecule has 3 rings (SSSR count). The van der Waals surface area contributed by atoms with Crippen molar-refractivity contribution in [1.82, 2.24) is 9.80 Å². The normalized spacial score (nSPS) is 19.8. The lowest BCUT2D eigenvalue weighted by Crippen LogP contribution is -2.49. The van der Waals surface area contributed by atoms with E-state index in [0.29, 0.717) is 0 Å². The third-order valence-corrected chi connectivity index (χ3v) is 4.76. The van der Waals surface area contributed by atoms with Gasteiger partial charge in [-0.1, -0.05) is 13.0 Å². The van der Waals surface area contributed by atoms with Crippen LogP contribution in [0.5, 0.6) is 5.75 Å². The predicted molar refractivity (Wildman–Crippen MR) is 92.1 cm³/mol. The number of ether oxygens (including phenoxy) is 1. The molecule has 0 atom stereocenters. The summed E-state index contributed by atoms with van der Waals surface area (Å²) in [5.74, 6) is 1.05. The summed E-state index contributed by atoms with van der Waals surface area (Å²) in [6, 6.07) is 6.50. The zero-order chi connectivity index (χ0) is 15.4. The summed E-state index contributed by atoms with van der Waals surface area (Å²) in [6.45, 7) is 14.6. The van der Waals surface area contributed by atoms with Gasteiger partial charge in [0, 0.05) is 39.3 Å². The van der Waals surface area contributed by atoms with Crippen LogP contribution in [0.1, 0.15) is 18.9 Å². The number of piperazine rings is 1. The summed E-state index contributed by atoms with van der Waals surface area (Å²) < 4.78 is 5.78. The summed E-state index contributed by atoms with van der Waals surface area (Å²) in [4.78, 5) is 7.69. The smallest absolute Gasteiger partial charge is 0.142 e. The van der Waals surface area contributed by atoms with E-state index in [4.69, 9.17) is 4.74 Å². The molecular weight excluding hydrogens is 274 g/mol. The van der Waals surface area contributed by atoms with E-state index in [9.17, 15) is 0 Å². The van der Waals surface area contributed by atoms with E-state index < -0.39 is 0 Å². The molecule has 0 bridgehead atoms. The highest BCUT2D eigenvalue weighted by Crippen LogP contribution is 2.32. The number of nitrogens with zero attached hydrogens (tertiary/aromatic N) is 3. The van der Waals surface area contributed by atoms with E-state index in [2.05, 4.69) is 46.7 Å². The van der Waals surface area contributed by atoms with Gasteiger partial charge < -0.3 is 14.5 Å².